The van der Waals surface area contributed by atoms with Gasteiger partial charge in [-0.25, -0.2) is 14.0 Å². The predicted molar refractivity (Wildman–Crippen MR) is 81.9 cm³/mol. The van der Waals surface area contributed by atoms with Gasteiger partial charge in [0.1, 0.15) is 5.82 Å². The van der Waals surface area contributed by atoms with Gasteiger partial charge in [-0.2, -0.15) is 0 Å². The lowest BCUT2D eigenvalue weighted by Crippen LogP contribution is -2.49. The first-order valence-corrected chi connectivity index (χ1v) is 7.76. The molecule has 1 N–H and O–H groups in total. The first kappa shape index (κ1) is 15.5. The Bertz CT molecular complexity index is 682. The van der Waals surface area contributed by atoms with E-state index < -0.39 is 17.8 Å². The Morgan fingerprint density at radius 3 is 2.70 bits per heavy atom. The van der Waals surface area contributed by atoms with Crippen LogP contribution in [-0.4, -0.2) is 29.5 Å². The van der Waals surface area contributed by atoms with Gasteiger partial charge in [0.15, 0.2) is 0 Å². The highest BCUT2D eigenvalue weighted by Gasteiger charge is 2.43. The molecule has 0 saturated heterocycles. The third-order valence-electron chi connectivity index (χ3n) is 4.15. The molecule has 122 valence electrons. The van der Waals surface area contributed by atoms with E-state index in [4.69, 9.17) is 4.74 Å². The summed E-state index contributed by atoms with van der Waals surface area (Å²) in [6.07, 6.45) is 1.82. The molecule has 1 aliphatic carbocycles. The minimum atomic E-state index is -0.835. The summed E-state index contributed by atoms with van der Waals surface area (Å²) in [5.74, 6) is -0.990. The van der Waals surface area contributed by atoms with E-state index in [2.05, 4.69) is 5.32 Å². The lowest BCUT2D eigenvalue weighted by molar-refractivity contribution is -0.139. The second-order valence-electron chi connectivity index (χ2n) is 5.72. The second kappa shape index (κ2) is 6.02. The second-order valence-corrected chi connectivity index (χ2v) is 5.72. The van der Waals surface area contributed by atoms with Crippen LogP contribution in [0, 0.1) is 5.82 Å². The number of halogens is 1. The number of carbonyl (C=O) groups excluding carboxylic acids is 2. The third kappa shape index (κ3) is 2.81. The summed E-state index contributed by atoms with van der Waals surface area (Å²) in [4.78, 5) is 26.4. The molecule has 6 heteroatoms. The van der Waals surface area contributed by atoms with Crippen LogP contribution in [0.5, 0.6) is 0 Å². The van der Waals surface area contributed by atoms with Gasteiger partial charge in [0.05, 0.1) is 18.2 Å². The van der Waals surface area contributed by atoms with Crippen molar-refractivity contribution in [3.8, 4) is 0 Å². The summed E-state index contributed by atoms with van der Waals surface area (Å²) in [5, 5.41) is 2.75. The van der Waals surface area contributed by atoms with Crippen molar-refractivity contribution in [2.24, 2.45) is 0 Å². The normalized spacial score (nSPS) is 21.3. The Morgan fingerprint density at radius 2 is 2.09 bits per heavy atom. The molecule has 0 bridgehead atoms. The molecule has 2 amide bonds. The molecule has 1 aromatic rings. The maximum atomic E-state index is 14.2. The summed E-state index contributed by atoms with van der Waals surface area (Å²) >= 11 is 0. The Balaban J connectivity index is 2.08. The maximum Gasteiger partial charge on any atom is 0.338 e. The van der Waals surface area contributed by atoms with E-state index in [1.807, 2.05) is 0 Å². The largest absolute Gasteiger partial charge is 0.463 e. The number of benzene rings is 1. The van der Waals surface area contributed by atoms with Crippen LogP contribution >= 0.6 is 0 Å². The molecule has 2 aliphatic rings. The first-order chi connectivity index (χ1) is 11.0. The highest BCUT2D eigenvalue weighted by atomic mass is 19.1. The number of ether oxygens (including phenoxy) is 1. The summed E-state index contributed by atoms with van der Waals surface area (Å²) in [7, 11) is 0. The van der Waals surface area contributed by atoms with Crippen LogP contribution in [0.25, 0.3) is 0 Å². The molecule has 1 saturated carbocycles. The SMILES string of the molecule is CCOC(=O)C1=C(C)N(C2CC2)C(=O)N[C@@H]1c1ccccc1F. The lowest BCUT2D eigenvalue weighted by atomic mass is 9.94. The number of nitrogens with one attached hydrogen (secondary N) is 1. The minimum absolute atomic E-state index is 0.112. The molecule has 23 heavy (non-hydrogen) atoms. The van der Waals surface area contributed by atoms with E-state index in [-0.39, 0.29) is 24.2 Å². The molecule has 1 heterocycles. The fraction of sp³-hybridized carbons (Fsp3) is 0.412. The number of allylic oxidation sites excluding steroid dienone is 1. The smallest absolute Gasteiger partial charge is 0.338 e. The van der Waals surface area contributed by atoms with Crippen LogP contribution in [0.15, 0.2) is 35.5 Å². The zero-order valence-corrected chi connectivity index (χ0v) is 13.1. The van der Waals surface area contributed by atoms with Gasteiger partial charge in [0.2, 0.25) is 0 Å². The number of hydrogen-bond acceptors (Lipinski definition) is 3. The molecule has 1 fully saturated rings. The predicted octanol–water partition coefficient (Wildman–Crippen LogP) is 2.89. The third-order valence-corrected chi connectivity index (χ3v) is 4.15. The molecule has 3 rings (SSSR count). The van der Waals surface area contributed by atoms with Gasteiger partial charge in [0, 0.05) is 17.3 Å². The van der Waals surface area contributed by atoms with Gasteiger partial charge in [-0.1, -0.05) is 18.2 Å². The Labute approximate surface area is 134 Å². The molecule has 0 radical (unpaired) electrons. The molecular weight excluding hydrogens is 299 g/mol. The summed E-state index contributed by atoms with van der Waals surface area (Å²) < 4.78 is 19.3. The van der Waals surface area contributed by atoms with Gasteiger partial charge < -0.3 is 10.1 Å². The highest BCUT2D eigenvalue weighted by molar-refractivity contribution is 5.95. The van der Waals surface area contributed by atoms with E-state index in [1.54, 1.807) is 36.9 Å². The lowest BCUT2D eigenvalue weighted by Gasteiger charge is -2.35. The van der Waals surface area contributed by atoms with Crippen LogP contribution < -0.4 is 5.32 Å². The fourth-order valence-corrected chi connectivity index (χ4v) is 2.95. The highest BCUT2D eigenvalue weighted by Crippen LogP contribution is 2.38. The number of urea groups is 1. The monoisotopic (exact) mass is 318 g/mol. The van der Waals surface area contributed by atoms with E-state index in [0.717, 1.165) is 12.8 Å². The van der Waals surface area contributed by atoms with Crippen molar-refractivity contribution < 1.29 is 18.7 Å². The first-order valence-electron chi connectivity index (χ1n) is 7.76. The van der Waals surface area contributed by atoms with E-state index in [0.29, 0.717) is 11.3 Å². The minimum Gasteiger partial charge on any atom is -0.463 e. The van der Waals surface area contributed by atoms with Gasteiger partial charge in [-0.3, -0.25) is 4.90 Å². The molecule has 5 nitrogen and oxygen atoms in total. The number of amides is 2. The van der Waals surface area contributed by atoms with E-state index >= 15 is 0 Å². The Kier molecular flexibility index (Phi) is 4.07. The molecule has 0 unspecified atom stereocenters. The Hall–Kier alpha value is -2.37. The number of carbonyl (C=O) groups is 2. The Morgan fingerprint density at radius 1 is 1.39 bits per heavy atom. The van der Waals surface area contributed by atoms with E-state index in [9.17, 15) is 14.0 Å². The molecule has 0 aromatic heterocycles. The van der Waals surface area contributed by atoms with Gasteiger partial charge in [-0.15, -0.1) is 0 Å². The van der Waals surface area contributed by atoms with Crippen molar-refractivity contribution in [3.05, 3.63) is 46.9 Å². The van der Waals surface area contributed by atoms with Crippen LogP contribution in [0.4, 0.5) is 9.18 Å². The maximum absolute atomic E-state index is 14.2. The molecule has 1 atom stereocenters. The topological polar surface area (TPSA) is 58.6 Å². The number of nitrogens with zero attached hydrogens (tertiary/aromatic N) is 1. The number of hydrogen-bond donors (Lipinski definition) is 1. The average Bonchev–Trinajstić information content (AvgIpc) is 3.32. The molecule has 0 spiro atoms. The summed E-state index contributed by atoms with van der Waals surface area (Å²) in [6, 6.07) is 5.10. The van der Waals surface area contributed by atoms with Gasteiger partial charge in [-0.05, 0) is 32.8 Å². The molecule has 1 aromatic carbocycles. The summed E-state index contributed by atoms with van der Waals surface area (Å²) in [6.45, 7) is 3.65. The summed E-state index contributed by atoms with van der Waals surface area (Å²) in [5.41, 5.74) is 1.10. The van der Waals surface area contributed by atoms with Crippen LogP contribution in [-0.2, 0) is 9.53 Å². The molecular formula is C17H19FN2O3. The van der Waals surface area contributed by atoms with Crippen molar-refractivity contribution in [2.75, 3.05) is 6.61 Å². The van der Waals surface area contributed by atoms with Crippen molar-refractivity contribution in [2.45, 2.75) is 38.8 Å². The van der Waals surface area contributed by atoms with Crippen LogP contribution in [0.2, 0.25) is 0 Å². The average molecular weight is 318 g/mol. The van der Waals surface area contributed by atoms with Crippen molar-refractivity contribution >= 4 is 12.0 Å². The van der Waals surface area contributed by atoms with Crippen molar-refractivity contribution in [1.29, 1.82) is 0 Å². The quantitative estimate of drug-likeness (QED) is 0.869. The number of esters is 1. The zero-order chi connectivity index (χ0) is 16.6. The van der Waals surface area contributed by atoms with Gasteiger partial charge >= 0.3 is 12.0 Å². The van der Waals surface area contributed by atoms with Crippen LogP contribution in [0.3, 0.4) is 0 Å². The standard InChI is InChI=1S/C17H19FN2O3/c1-3-23-16(21)14-10(2)20(11-8-9-11)17(22)19-15(14)12-6-4-5-7-13(12)18/h4-7,11,15H,3,8-9H2,1-2H3,(H,19,22)/t15-/m1/s1. The van der Waals surface area contributed by atoms with Crippen molar-refractivity contribution in [3.63, 3.8) is 0 Å². The van der Waals surface area contributed by atoms with Crippen LogP contribution in [0.1, 0.15) is 38.3 Å². The number of rotatable bonds is 4. The zero-order valence-electron chi connectivity index (χ0n) is 13.1. The van der Waals surface area contributed by atoms with Gasteiger partial charge in [0.25, 0.3) is 0 Å². The molecule has 1 aliphatic heterocycles. The van der Waals surface area contributed by atoms with Crippen molar-refractivity contribution in [1.82, 2.24) is 10.2 Å². The fourth-order valence-electron chi connectivity index (χ4n) is 2.95. The van der Waals surface area contributed by atoms with E-state index in [1.165, 1.54) is 6.07 Å².